The van der Waals surface area contributed by atoms with E-state index in [2.05, 4.69) is 0 Å². The topological polar surface area (TPSA) is 66.2 Å². The fourth-order valence-electron chi connectivity index (χ4n) is 0. The fourth-order valence-corrected chi connectivity index (χ4v) is 0. The van der Waals surface area contributed by atoms with Crippen molar-refractivity contribution in [2.45, 2.75) is 0 Å². The standard InChI is InChI=1S/Ag.HI.K.NO3/c;;;2-1(3)4/h;1H;;/q+1;;+1;-1/p-1. The Bertz CT molecular complexity index is 37.9. The smallest absolute Gasteiger partial charge is 1.00 e. The Morgan fingerprint density at radius 3 is 1.29 bits per heavy atom. The van der Waals surface area contributed by atoms with E-state index >= 15 is 0 Å². The summed E-state index contributed by atoms with van der Waals surface area (Å²) in [7, 11) is 0. The minimum Gasteiger partial charge on any atom is -1.00 e. The second kappa shape index (κ2) is 15.7. The maximum absolute atomic E-state index is 8.25. The van der Waals surface area contributed by atoms with Crippen LogP contribution < -0.4 is 75.4 Å². The molecule has 0 atom stereocenters. The zero-order chi connectivity index (χ0) is 3.58. The minimum absolute atomic E-state index is 0. The van der Waals surface area contributed by atoms with E-state index in [1.54, 1.807) is 0 Å². The molecule has 0 aliphatic heterocycles. The van der Waals surface area contributed by atoms with E-state index in [1.165, 1.54) is 0 Å². The van der Waals surface area contributed by atoms with E-state index in [0.29, 0.717) is 0 Å². The number of hydrogen-bond donors (Lipinski definition) is 0. The van der Waals surface area contributed by atoms with Crippen LogP contribution in [0.5, 0.6) is 0 Å². The molecular weight excluding hydrogens is 336 g/mol. The van der Waals surface area contributed by atoms with Gasteiger partial charge in [0.05, 0.1) is 5.09 Å². The van der Waals surface area contributed by atoms with Crippen molar-refractivity contribution in [2.24, 2.45) is 0 Å². The molecule has 4 nitrogen and oxygen atoms in total. The predicted octanol–water partition coefficient (Wildman–Crippen LogP) is -6.23. The van der Waals surface area contributed by atoms with E-state index in [4.69, 9.17) is 15.3 Å². The SMILES string of the molecule is O=[N+]([O-])[O-].[Ag+].[I-].[K+]. The van der Waals surface area contributed by atoms with Gasteiger partial charge >= 0.3 is 73.8 Å². The van der Waals surface area contributed by atoms with Gasteiger partial charge in [0.15, 0.2) is 0 Å². The minimum atomic E-state index is -1.75. The zero-order valence-corrected chi connectivity index (χ0v) is 10.1. The van der Waals surface area contributed by atoms with Crippen molar-refractivity contribution in [1.29, 1.82) is 0 Å². The molecule has 0 amide bonds. The fraction of sp³-hybridized carbons (Fsp3) is 0. The van der Waals surface area contributed by atoms with Gasteiger partial charge in [0.25, 0.3) is 0 Å². The van der Waals surface area contributed by atoms with Crippen LogP contribution in [0.15, 0.2) is 0 Å². The van der Waals surface area contributed by atoms with E-state index in [9.17, 15) is 0 Å². The van der Waals surface area contributed by atoms with Gasteiger partial charge in [-0.2, -0.15) is 0 Å². The molecule has 0 spiro atoms. The molecule has 0 N–H and O–H groups in total. The number of nitrogens with zero attached hydrogens (tertiary/aromatic N) is 1. The van der Waals surface area contributed by atoms with Crippen molar-refractivity contribution in [2.75, 3.05) is 0 Å². The largest absolute Gasteiger partial charge is 1.00 e. The van der Waals surface area contributed by atoms with Gasteiger partial charge in [0.1, 0.15) is 0 Å². The van der Waals surface area contributed by atoms with Crippen LogP contribution in [-0.4, -0.2) is 5.09 Å². The van der Waals surface area contributed by atoms with Crippen LogP contribution in [0.4, 0.5) is 0 Å². The summed E-state index contributed by atoms with van der Waals surface area (Å²) in [5, 5.41) is 14.8. The van der Waals surface area contributed by atoms with Gasteiger partial charge in [-0.25, -0.2) is 0 Å². The molecule has 0 saturated heterocycles. The van der Waals surface area contributed by atoms with Crippen molar-refractivity contribution >= 4 is 0 Å². The molecule has 7 heavy (non-hydrogen) atoms. The van der Waals surface area contributed by atoms with E-state index in [1.807, 2.05) is 0 Å². The Balaban J connectivity index is -0.0000000150. The summed E-state index contributed by atoms with van der Waals surface area (Å²) in [4.78, 5) is 8.25. The molecule has 0 fully saturated rings. The van der Waals surface area contributed by atoms with Crippen LogP contribution in [0, 0.1) is 15.3 Å². The quantitative estimate of drug-likeness (QED) is 0.191. The molecule has 0 heterocycles. The molecular formula is AgIKNO3. The van der Waals surface area contributed by atoms with Gasteiger partial charge in [0.2, 0.25) is 0 Å². The monoisotopic (exact) mass is 335 g/mol. The van der Waals surface area contributed by atoms with E-state index in [0.717, 1.165) is 0 Å². The van der Waals surface area contributed by atoms with Gasteiger partial charge in [-0.1, -0.05) is 0 Å². The summed E-state index contributed by atoms with van der Waals surface area (Å²) in [6.45, 7) is 0. The molecule has 42 valence electrons. The Hall–Kier alpha value is 2.31. The van der Waals surface area contributed by atoms with Gasteiger partial charge in [-0.15, -0.1) is 0 Å². The first-order valence-corrected chi connectivity index (χ1v) is 0.548. The molecule has 0 aromatic carbocycles. The van der Waals surface area contributed by atoms with Crippen LogP contribution in [0.25, 0.3) is 0 Å². The first-order chi connectivity index (χ1) is 1.73. The van der Waals surface area contributed by atoms with Crippen LogP contribution in [-0.2, 0) is 22.4 Å². The third-order valence-corrected chi connectivity index (χ3v) is 0. The van der Waals surface area contributed by atoms with Crippen molar-refractivity contribution in [1.82, 2.24) is 0 Å². The second-order valence-corrected chi connectivity index (χ2v) is 0.224. The summed E-state index contributed by atoms with van der Waals surface area (Å²) in [6.07, 6.45) is 0. The molecule has 0 radical (unpaired) electrons. The van der Waals surface area contributed by atoms with Gasteiger partial charge in [0, 0.05) is 0 Å². The van der Waals surface area contributed by atoms with Crippen molar-refractivity contribution in [3.63, 3.8) is 0 Å². The molecule has 0 aliphatic carbocycles. The average Bonchev–Trinajstić information content (AvgIpc) is 0.811. The van der Waals surface area contributed by atoms with Gasteiger partial charge in [-0.05, 0) is 0 Å². The zero-order valence-electron chi connectivity index (χ0n) is 3.35. The normalized spacial score (nSPS) is 3.43. The Morgan fingerprint density at radius 1 is 1.29 bits per heavy atom. The molecule has 0 aromatic heterocycles. The average molecular weight is 336 g/mol. The van der Waals surface area contributed by atoms with Crippen molar-refractivity contribution in [3.8, 4) is 0 Å². The molecule has 0 unspecified atom stereocenters. The molecule has 7 heteroatoms. The molecule has 0 aromatic rings. The third kappa shape index (κ3) is 62.1. The third-order valence-electron chi connectivity index (χ3n) is 0. The summed E-state index contributed by atoms with van der Waals surface area (Å²) in [5.41, 5.74) is 0. The summed E-state index contributed by atoms with van der Waals surface area (Å²) >= 11 is 0. The predicted molar refractivity (Wildman–Crippen MR) is 10.4 cm³/mol. The van der Waals surface area contributed by atoms with E-state index in [-0.39, 0.29) is 97.7 Å². The van der Waals surface area contributed by atoms with Crippen molar-refractivity contribution < 1.29 is 103 Å². The Labute approximate surface area is 115 Å². The van der Waals surface area contributed by atoms with Crippen LogP contribution >= 0.6 is 0 Å². The number of hydrogen-bond acceptors (Lipinski definition) is 3. The number of rotatable bonds is 0. The van der Waals surface area contributed by atoms with E-state index < -0.39 is 5.09 Å². The summed E-state index contributed by atoms with van der Waals surface area (Å²) < 4.78 is 0. The number of halogens is 1. The first-order valence-electron chi connectivity index (χ1n) is 0.548. The van der Waals surface area contributed by atoms with Crippen LogP contribution in [0.3, 0.4) is 0 Å². The molecule has 0 bridgehead atoms. The van der Waals surface area contributed by atoms with Crippen molar-refractivity contribution in [3.05, 3.63) is 15.3 Å². The molecule has 0 aliphatic rings. The van der Waals surface area contributed by atoms with Crippen LogP contribution in [0.2, 0.25) is 0 Å². The summed E-state index contributed by atoms with van der Waals surface area (Å²) in [6, 6.07) is 0. The maximum Gasteiger partial charge on any atom is 1.00 e. The van der Waals surface area contributed by atoms with Gasteiger partial charge < -0.3 is 39.3 Å². The summed E-state index contributed by atoms with van der Waals surface area (Å²) in [5.74, 6) is 0. The molecule has 0 saturated carbocycles. The second-order valence-electron chi connectivity index (χ2n) is 0.224. The van der Waals surface area contributed by atoms with Crippen LogP contribution in [0.1, 0.15) is 0 Å². The van der Waals surface area contributed by atoms with Gasteiger partial charge in [-0.3, -0.25) is 0 Å². The molecule has 0 rings (SSSR count). The first kappa shape index (κ1) is 22.8. The Morgan fingerprint density at radius 2 is 1.29 bits per heavy atom. The Kier molecular flexibility index (Phi) is 51.3. The maximum atomic E-state index is 8.25.